The summed E-state index contributed by atoms with van der Waals surface area (Å²) in [4.78, 5) is 12.9. The van der Waals surface area contributed by atoms with E-state index in [9.17, 15) is 4.79 Å². The van der Waals surface area contributed by atoms with Crippen molar-refractivity contribution in [2.45, 2.75) is 62.9 Å². The molecule has 1 atom stereocenters. The van der Waals surface area contributed by atoms with Gasteiger partial charge in [0, 0.05) is 13.0 Å². The van der Waals surface area contributed by atoms with Crippen LogP contribution >= 0.6 is 0 Å². The van der Waals surface area contributed by atoms with Crippen molar-refractivity contribution in [1.82, 2.24) is 0 Å². The third-order valence-corrected chi connectivity index (χ3v) is 5.03. The lowest BCUT2D eigenvalue weighted by Crippen LogP contribution is -2.33. The van der Waals surface area contributed by atoms with Crippen molar-refractivity contribution in [2.75, 3.05) is 6.61 Å². The van der Waals surface area contributed by atoms with E-state index in [2.05, 4.69) is 24.3 Å². The van der Waals surface area contributed by atoms with Crippen molar-refractivity contribution < 1.29 is 9.53 Å². The van der Waals surface area contributed by atoms with Gasteiger partial charge < -0.3 is 4.74 Å². The van der Waals surface area contributed by atoms with E-state index in [0.29, 0.717) is 18.3 Å². The van der Waals surface area contributed by atoms with Gasteiger partial charge in [0.05, 0.1) is 11.5 Å². The Hall–Kier alpha value is -1.15. The van der Waals surface area contributed by atoms with Crippen LogP contribution in [0.4, 0.5) is 0 Å². The highest BCUT2D eigenvalue weighted by Gasteiger charge is 2.41. The fraction of sp³-hybridized carbons (Fsp3) is 0.611. The van der Waals surface area contributed by atoms with Gasteiger partial charge in [-0.25, -0.2) is 0 Å². The second-order valence-electron chi connectivity index (χ2n) is 6.25. The summed E-state index contributed by atoms with van der Waals surface area (Å²) in [5.74, 6) is 0.441. The molecule has 2 nitrogen and oxygen atoms in total. The molecule has 1 unspecified atom stereocenters. The van der Waals surface area contributed by atoms with Crippen LogP contribution in [-0.2, 0) is 14.9 Å². The molecular weight excluding hydrogens is 248 g/mol. The topological polar surface area (TPSA) is 26.3 Å². The minimum atomic E-state index is -0.195. The van der Waals surface area contributed by atoms with Crippen LogP contribution in [0, 0.1) is 0 Å². The molecule has 0 N–H and O–H groups in total. The van der Waals surface area contributed by atoms with Crippen molar-refractivity contribution in [3.8, 4) is 0 Å². The normalized spacial score (nSPS) is 24.9. The monoisotopic (exact) mass is 272 g/mol. The molecule has 1 saturated carbocycles. The van der Waals surface area contributed by atoms with E-state index >= 15 is 0 Å². The Bertz CT molecular complexity index is 440. The van der Waals surface area contributed by atoms with E-state index in [1.165, 1.54) is 18.4 Å². The molecular formula is C18H24O2. The fourth-order valence-electron chi connectivity index (χ4n) is 3.87. The van der Waals surface area contributed by atoms with E-state index in [1.54, 1.807) is 0 Å². The molecule has 2 aliphatic rings. The summed E-state index contributed by atoms with van der Waals surface area (Å²) >= 11 is 0. The van der Waals surface area contributed by atoms with E-state index in [4.69, 9.17) is 4.74 Å². The number of benzene rings is 1. The maximum atomic E-state index is 12.9. The molecule has 0 aromatic heterocycles. The molecule has 0 amide bonds. The SMILES string of the molecule is O=C(CCC1CCCO1)C1(c2ccccc2)CCCC1. The molecule has 20 heavy (non-hydrogen) atoms. The standard InChI is InChI=1S/C18H24O2/c19-17(11-10-16-9-6-14-20-16)18(12-4-5-13-18)15-7-2-1-3-8-15/h1-3,7-8,16H,4-6,9-14H2. The van der Waals surface area contributed by atoms with Gasteiger partial charge in [-0.05, 0) is 37.7 Å². The molecule has 108 valence electrons. The van der Waals surface area contributed by atoms with Crippen molar-refractivity contribution >= 4 is 5.78 Å². The van der Waals surface area contributed by atoms with Gasteiger partial charge in [0.1, 0.15) is 5.78 Å². The van der Waals surface area contributed by atoms with Gasteiger partial charge in [0.15, 0.2) is 0 Å². The summed E-state index contributed by atoms with van der Waals surface area (Å²) < 4.78 is 5.65. The summed E-state index contributed by atoms with van der Waals surface area (Å²) in [6.07, 6.45) is 8.62. The van der Waals surface area contributed by atoms with Gasteiger partial charge in [0.25, 0.3) is 0 Å². The first-order valence-electron chi connectivity index (χ1n) is 8.02. The zero-order valence-corrected chi connectivity index (χ0v) is 12.1. The molecule has 0 spiro atoms. The number of rotatable bonds is 5. The third-order valence-electron chi connectivity index (χ3n) is 5.03. The molecule has 1 aromatic rings. The maximum Gasteiger partial charge on any atom is 0.143 e. The molecule has 2 fully saturated rings. The summed E-state index contributed by atoms with van der Waals surface area (Å²) in [6.45, 7) is 0.878. The van der Waals surface area contributed by atoms with E-state index in [0.717, 1.165) is 38.7 Å². The Morgan fingerprint density at radius 3 is 2.55 bits per heavy atom. The summed E-state index contributed by atoms with van der Waals surface area (Å²) in [7, 11) is 0. The minimum absolute atomic E-state index is 0.195. The van der Waals surface area contributed by atoms with Crippen molar-refractivity contribution in [2.24, 2.45) is 0 Å². The van der Waals surface area contributed by atoms with Gasteiger partial charge in [0.2, 0.25) is 0 Å². The molecule has 3 rings (SSSR count). The molecule has 2 heteroatoms. The lowest BCUT2D eigenvalue weighted by Gasteiger charge is -2.28. The second-order valence-corrected chi connectivity index (χ2v) is 6.25. The first-order valence-corrected chi connectivity index (χ1v) is 8.02. The van der Waals surface area contributed by atoms with Crippen LogP contribution in [0.2, 0.25) is 0 Å². The molecule has 0 bridgehead atoms. The van der Waals surface area contributed by atoms with Gasteiger partial charge in [-0.1, -0.05) is 43.2 Å². The van der Waals surface area contributed by atoms with Crippen molar-refractivity contribution in [1.29, 1.82) is 0 Å². The Morgan fingerprint density at radius 1 is 1.15 bits per heavy atom. The molecule has 1 aromatic carbocycles. The van der Waals surface area contributed by atoms with Crippen molar-refractivity contribution in [3.05, 3.63) is 35.9 Å². The average molecular weight is 272 g/mol. The number of ketones is 1. The summed E-state index contributed by atoms with van der Waals surface area (Å²) in [5, 5.41) is 0. The van der Waals surface area contributed by atoms with E-state index < -0.39 is 0 Å². The number of carbonyl (C=O) groups is 1. The quantitative estimate of drug-likeness (QED) is 0.809. The molecule has 1 aliphatic heterocycles. The smallest absolute Gasteiger partial charge is 0.143 e. The zero-order valence-electron chi connectivity index (χ0n) is 12.1. The highest BCUT2D eigenvalue weighted by atomic mass is 16.5. The van der Waals surface area contributed by atoms with Crippen molar-refractivity contribution in [3.63, 3.8) is 0 Å². The Labute approximate surface area is 121 Å². The summed E-state index contributed by atoms with van der Waals surface area (Å²) in [6, 6.07) is 10.4. The Balaban J connectivity index is 1.71. The van der Waals surface area contributed by atoms with Gasteiger partial charge in [-0.2, -0.15) is 0 Å². The number of hydrogen-bond acceptors (Lipinski definition) is 2. The average Bonchev–Trinajstić information content (AvgIpc) is 3.18. The lowest BCUT2D eigenvalue weighted by molar-refractivity contribution is -0.125. The lowest BCUT2D eigenvalue weighted by atomic mass is 9.74. The van der Waals surface area contributed by atoms with E-state index in [1.807, 2.05) is 6.07 Å². The number of carbonyl (C=O) groups excluding carboxylic acids is 1. The third kappa shape index (κ3) is 2.67. The van der Waals surface area contributed by atoms with Gasteiger partial charge in [-0.15, -0.1) is 0 Å². The first-order chi connectivity index (χ1) is 9.81. The number of hydrogen-bond donors (Lipinski definition) is 0. The van der Waals surface area contributed by atoms with Crippen LogP contribution < -0.4 is 0 Å². The predicted octanol–water partition coefficient (Wildman–Crippen LogP) is 4.03. The van der Waals surface area contributed by atoms with Crippen LogP contribution in [0.1, 0.15) is 56.9 Å². The molecule has 1 heterocycles. The van der Waals surface area contributed by atoms with Crippen LogP contribution in [0.3, 0.4) is 0 Å². The largest absolute Gasteiger partial charge is 0.378 e. The Morgan fingerprint density at radius 2 is 1.90 bits per heavy atom. The second kappa shape index (κ2) is 6.09. The number of Topliss-reactive ketones (excluding diaryl/α,β-unsaturated/α-hetero) is 1. The fourth-order valence-corrected chi connectivity index (χ4v) is 3.87. The maximum absolute atomic E-state index is 12.9. The molecule has 1 aliphatic carbocycles. The molecule has 0 radical (unpaired) electrons. The summed E-state index contributed by atoms with van der Waals surface area (Å²) in [5.41, 5.74) is 1.04. The number of ether oxygens (including phenoxy) is 1. The molecule has 1 saturated heterocycles. The minimum Gasteiger partial charge on any atom is -0.378 e. The van der Waals surface area contributed by atoms with Gasteiger partial charge >= 0.3 is 0 Å². The van der Waals surface area contributed by atoms with Crippen LogP contribution in [-0.4, -0.2) is 18.5 Å². The van der Waals surface area contributed by atoms with Crippen LogP contribution in [0.5, 0.6) is 0 Å². The zero-order chi connectivity index (χ0) is 13.8. The highest BCUT2D eigenvalue weighted by Crippen LogP contribution is 2.43. The highest BCUT2D eigenvalue weighted by molar-refractivity contribution is 5.90. The van der Waals surface area contributed by atoms with Crippen LogP contribution in [0.15, 0.2) is 30.3 Å². The Kier molecular flexibility index (Phi) is 4.21. The van der Waals surface area contributed by atoms with E-state index in [-0.39, 0.29) is 5.41 Å². The van der Waals surface area contributed by atoms with Crippen LogP contribution in [0.25, 0.3) is 0 Å². The first kappa shape index (κ1) is 13.8. The predicted molar refractivity (Wildman–Crippen MR) is 79.8 cm³/mol. The van der Waals surface area contributed by atoms with Gasteiger partial charge in [-0.3, -0.25) is 4.79 Å².